The highest BCUT2D eigenvalue weighted by molar-refractivity contribution is 7.86. The third-order valence-corrected chi connectivity index (χ3v) is 10.6. The fourth-order valence-corrected chi connectivity index (χ4v) is 9.41. The molecule has 3 nitrogen and oxygen atoms in total. The van der Waals surface area contributed by atoms with E-state index in [1.807, 2.05) is 0 Å². The molecule has 2 unspecified atom stereocenters. The molecule has 4 saturated carbocycles. The van der Waals surface area contributed by atoms with Crippen LogP contribution in [0.25, 0.3) is 0 Å². The highest BCUT2D eigenvalue weighted by atomic mass is 32.2. The second-order valence-electron chi connectivity index (χ2n) is 10.7. The van der Waals surface area contributed by atoms with E-state index in [1.165, 1.54) is 96.3 Å². The van der Waals surface area contributed by atoms with Crippen molar-refractivity contribution >= 4 is 10.1 Å². The van der Waals surface area contributed by atoms with Crippen molar-refractivity contribution in [1.82, 2.24) is 0 Å². The van der Waals surface area contributed by atoms with Gasteiger partial charge < -0.3 is 0 Å². The molecule has 0 aliphatic heterocycles. The molecular formula is C24H42O3S. The van der Waals surface area contributed by atoms with Gasteiger partial charge >= 0.3 is 0 Å². The van der Waals surface area contributed by atoms with Gasteiger partial charge in [-0.2, -0.15) is 8.42 Å². The summed E-state index contributed by atoms with van der Waals surface area (Å²) in [5.74, 6) is 2.99. The Kier molecular flexibility index (Phi) is 7.08. The molecule has 0 spiro atoms. The van der Waals surface area contributed by atoms with Gasteiger partial charge in [-0.3, -0.25) is 4.55 Å². The van der Waals surface area contributed by atoms with Crippen LogP contribution in [-0.4, -0.2) is 18.2 Å². The Hall–Kier alpha value is -0.0900. The molecule has 4 aliphatic carbocycles. The molecule has 0 aromatic heterocycles. The zero-order valence-corrected chi connectivity index (χ0v) is 18.6. The zero-order valence-electron chi connectivity index (χ0n) is 17.7. The normalized spacial score (nSPS) is 37.8. The average molecular weight is 411 g/mol. The van der Waals surface area contributed by atoms with Gasteiger partial charge in [0.05, 0.1) is 5.25 Å². The minimum atomic E-state index is -3.98. The SMILES string of the molecule is O=S(=O)(O)C1C(C2CCCCC2)CC(C2CCCCC2)CC1C1CCCCC1. The molecule has 162 valence electrons. The lowest BCUT2D eigenvalue weighted by Gasteiger charge is -2.50. The van der Waals surface area contributed by atoms with Crippen LogP contribution < -0.4 is 0 Å². The summed E-state index contributed by atoms with van der Waals surface area (Å²) in [7, 11) is -3.98. The number of rotatable bonds is 4. The van der Waals surface area contributed by atoms with E-state index in [0.717, 1.165) is 18.8 Å². The Morgan fingerprint density at radius 2 is 0.857 bits per heavy atom. The van der Waals surface area contributed by atoms with Crippen molar-refractivity contribution in [2.24, 2.45) is 35.5 Å². The summed E-state index contributed by atoms with van der Waals surface area (Å²) in [6, 6.07) is 0. The van der Waals surface area contributed by atoms with Crippen molar-refractivity contribution in [2.45, 2.75) is 114 Å². The van der Waals surface area contributed by atoms with Gasteiger partial charge in [-0.25, -0.2) is 0 Å². The van der Waals surface area contributed by atoms with Crippen LogP contribution in [0.1, 0.15) is 109 Å². The molecule has 0 aromatic carbocycles. The molecule has 0 saturated heterocycles. The maximum atomic E-state index is 12.7. The summed E-state index contributed by atoms with van der Waals surface area (Å²) in [5.41, 5.74) is 0. The van der Waals surface area contributed by atoms with Gasteiger partial charge in [0, 0.05) is 0 Å². The zero-order chi connectivity index (χ0) is 19.6. The molecule has 4 fully saturated rings. The van der Waals surface area contributed by atoms with Crippen LogP contribution in [-0.2, 0) is 10.1 Å². The Morgan fingerprint density at radius 3 is 1.21 bits per heavy atom. The number of hydrogen-bond donors (Lipinski definition) is 1. The summed E-state index contributed by atoms with van der Waals surface area (Å²) < 4.78 is 35.9. The molecule has 1 N–H and O–H groups in total. The fraction of sp³-hybridized carbons (Fsp3) is 1.00. The van der Waals surface area contributed by atoms with Gasteiger partial charge in [-0.1, -0.05) is 96.3 Å². The van der Waals surface area contributed by atoms with E-state index in [0.29, 0.717) is 17.8 Å². The first kappa shape index (κ1) is 21.2. The Bertz CT molecular complexity index is 555. The van der Waals surface area contributed by atoms with Crippen LogP contribution in [0.2, 0.25) is 0 Å². The van der Waals surface area contributed by atoms with Gasteiger partial charge in [-0.15, -0.1) is 0 Å². The molecular weight excluding hydrogens is 368 g/mol. The van der Waals surface area contributed by atoms with Gasteiger partial charge in [0.1, 0.15) is 0 Å². The second kappa shape index (κ2) is 9.37. The van der Waals surface area contributed by atoms with E-state index in [1.54, 1.807) is 0 Å². The maximum Gasteiger partial charge on any atom is 0.268 e. The van der Waals surface area contributed by atoms with Crippen LogP contribution in [0, 0.1) is 35.5 Å². The molecule has 0 radical (unpaired) electrons. The van der Waals surface area contributed by atoms with E-state index < -0.39 is 15.4 Å². The van der Waals surface area contributed by atoms with Crippen LogP contribution >= 0.6 is 0 Å². The smallest absolute Gasteiger partial charge is 0.268 e. The first-order valence-corrected chi connectivity index (χ1v) is 14.0. The van der Waals surface area contributed by atoms with E-state index in [9.17, 15) is 13.0 Å². The van der Waals surface area contributed by atoms with Crippen molar-refractivity contribution in [2.75, 3.05) is 0 Å². The third kappa shape index (κ3) is 4.79. The fourth-order valence-electron chi connectivity index (χ4n) is 7.86. The lowest BCUT2D eigenvalue weighted by Crippen LogP contribution is -2.49. The second-order valence-corrected chi connectivity index (χ2v) is 12.3. The molecule has 0 aromatic rings. The molecule has 0 heterocycles. The minimum absolute atomic E-state index is 0.211. The van der Waals surface area contributed by atoms with Crippen LogP contribution in [0.15, 0.2) is 0 Å². The molecule has 2 atom stereocenters. The van der Waals surface area contributed by atoms with Gasteiger partial charge in [0.2, 0.25) is 0 Å². The highest BCUT2D eigenvalue weighted by Gasteiger charge is 2.50. The molecule has 4 heteroatoms. The first-order valence-electron chi connectivity index (χ1n) is 12.5. The van der Waals surface area contributed by atoms with Gasteiger partial charge in [-0.05, 0) is 48.3 Å². The van der Waals surface area contributed by atoms with Crippen LogP contribution in [0.3, 0.4) is 0 Å². The van der Waals surface area contributed by atoms with Crippen molar-refractivity contribution in [3.05, 3.63) is 0 Å². The van der Waals surface area contributed by atoms with E-state index in [-0.39, 0.29) is 11.8 Å². The third-order valence-electron chi connectivity index (χ3n) is 9.16. The summed E-state index contributed by atoms with van der Waals surface area (Å²) in [6.45, 7) is 0. The van der Waals surface area contributed by atoms with Crippen molar-refractivity contribution in [1.29, 1.82) is 0 Å². The number of hydrogen-bond acceptors (Lipinski definition) is 2. The molecule has 4 rings (SSSR count). The maximum absolute atomic E-state index is 12.7. The highest BCUT2D eigenvalue weighted by Crippen LogP contribution is 2.52. The minimum Gasteiger partial charge on any atom is -0.285 e. The van der Waals surface area contributed by atoms with E-state index in [4.69, 9.17) is 0 Å². The van der Waals surface area contributed by atoms with Crippen LogP contribution in [0.5, 0.6) is 0 Å². The largest absolute Gasteiger partial charge is 0.285 e. The van der Waals surface area contributed by atoms with Gasteiger partial charge in [0.15, 0.2) is 0 Å². The summed E-state index contributed by atoms with van der Waals surface area (Å²) in [6.07, 6.45) is 21.3. The standard InChI is InChI=1S/C24H42O3S/c25-28(26,27)24-22(19-12-6-2-7-13-19)16-21(18-10-4-1-5-11-18)17-23(24)20-14-8-3-9-15-20/h18-24H,1-17H2,(H,25,26,27). The van der Waals surface area contributed by atoms with Crippen molar-refractivity contribution in [3.8, 4) is 0 Å². The van der Waals surface area contributed by atoms with Crippen molar-refractivity contribution in [3.63, 3.8) is 0 Å². The first-order chi connectivity index (χ1) is 13.5. The molecule has 28 heavy (non-hydrogen) atoms. The summed E-state index contributed by atoms with van der Waals surface area (Å²) in [5, 5.41) is -0.474. The quantitative estimate of drug-likeness (QED) is 0.529. The van der Waals surface area contributed by atoms with E-state index >= 15 is 0 Å². The monoisotopic (exact) mass is 410 g/mol. The topological polar surface area (TPSA) is 54.4 Å². The molecule has 0 amide bonds. The molecule has 4 aliphatic rings. The predicted molar refractivity (Wildman–Crippen MR) is 115 cm³/mol. The predicted octanol–water partition coefficient (Wildman–Crippen LogP) is 6.63. The Labute approximate surface area is 173 Å². The van der Waals surface area contributed by atoms with Crippen LogP contribution in [0.4, 0.5) is 0 Å². The Morgan fingerprint density at radius 1 is 0.500 bits per heavy atom. The average Bonchev–Trinajstić information content (AvgIpc) is 2.74. The van der Waals surface area contributed by atoms with E-state index in [2.05, 4.69) is 0 Å². The summed E-state index contributed by atoms with van der Waals surface area (Å²) >= 11 is 0. The lowest BCUT2D eigenvalue weighted by atomic mass is 9.59. The van der Waals surface area contributed by atoms with Gasteiger partial charge in [0.25, 0.3) is 10.1 Å². The Balaban J connectivity index is 1.63. The molecule has 0 bridgehead atoms. The summed E-state index contributed by atoms with van der Waals surface area (Å²) in [4.78, 5) is 0. The lowest BCUT2D eigenvalue weighted by molar-refractivity contribution is 0.0459. The van der Waals surface area contributed by atoms with Crippen molar-refractivity contribution < 1.29 is 13.0 Å².